The molecule has 0 amide bonds. The summed E-state index contributed by atoms with van der Waals surface area (Å²) < 4.78 is 10.9. The molecule has 0 aromatic heterocycles. The predicted molar refractivity (Wildman–Crippen MR) is 90.3 cm³/mol. The Morgan fingerprint density at radius 3 is 2.48 bits per heavy atom. The standard InChI is InChI=1S/C19H23NO3/c1-22-17-10-14-8-9-20-19(15(14)11-18(17)23-2)16(12-21)13-6-4-3-5-7-13/h3-7,10-11,16,19-21H,8-9,12H2,1-2H3/t16-,19+/m0/s1. The zero-order chi connectivity index (χ0) is 16.2. The van der Waals surface area contributed by atoms with Gasteiger partial charge in [-0.2, -0.15) is 0 Å². The van der Waals surface area contributed by atoms with Gasteiger partial charge in [-0.3, -0.25) is 0 Å². The first-order valence-electron chi connectivity index (χ1n) is 7.92. The lowest BCUT2D eigenvalue weighted by atomic mass is 9.82. The van der Waals surface area contributed by atoms with Crippen molar-refractivity contribution in [3.05, 3.63) is 59.2 Å². The van der Waals surface area contributed by atoms with Crippen LogP contribution in [-0.2, 0) is 6.42 Å². The highest BCUT2D eigenvalue weighted by Gasteiger charge is 2.29. The molecule has 4 nitrogen and oxygen atoms in total. The Kier molecular flexibility index (Phi) is 4.84. The van der Waals surface area contributed by atoms with Crippen molar-refractivity contribution < 1.29 is 14.6 Å². The maximum absolute atomic E-state index is 9.99. The molecule has 0 radical (unpaired) electrons. The van der Waals surface area contributed by atoms with E-state index in [1.54, 1.807) is 14.2 Å². The molecule has 3 rings (SSSR count). The summed E-state index contributed by atoms with van der Waals surface area (Å²) in [6.07, 6.45) is 0.944. The molecule has 0 saturated heterocycles. The predicted octanol–water partition coefficient (Wildman–Crippen LogP) is 2.67. The van der Waals surface area contributed by atoms with E-state index in [0.29, 0.717) is 0 Å². The molecule has 4 heteroatoms. The van der Waals surface area contributed by atoms with E-state index in [1.807, 2.05) is 24.3 Å². The molecule has 0 fully saturated rings. The van der Waals surface area contributed by atoms with E-state index < -0.39 is 0 Å². The van der Waals surface area contributed by atoms with Gasteiger partial charge in [-0.15, -0.1) is 0 Å². The molecule has 1 heterocycles. The normalized spacial score (nSPS) is 18.1. The number of ether oxygens (including phenoxy) is 2. The van der Waals surface area contributed by atoms with Crippen LogP contribution in [0.5, 0.6) is 11.5 Å². The minimum atomic E-state index is 0.00773. The number of benzene rings is 2. The second kappa shape index (κ2) is 7.02. The summed E-state index contributed by atoms with van der Waals surface area (Å²) in [7, 11) is 3.31. The first-order valence-corrected chi connectivity index (χ1v) is 7.92. The molecule has 0 aliphatic carbocycles. The number of rotatable bonds is 5. The minimum absolute atomic E-state index is 0.00773. The van der Waals surface area contributed by atoms with Gasteiger partial charge in [0.25, 0.3) is 0 Å². The Hall–Kier alpha value is -2.04. The molecule has 0 bridgehead atoms. The highest BCUT2D eigenvalue weighted by Crippen LogP contribution is 2.40. The third-order valence-corrected chi connectivity index (χ3v) is 4.57. The van der Waals surface area contributed by atoms with Crippen molar-refractivity contribution in [2.45, 2.75) is 18.4 Å². The number of nitrogens with one attached hydrogen (secondary N) is 1. The summed E-state index contributed by atoms with van der Waals surface area (Å²) in [5.41, 5.74) is 3.56. The molecule has 0 unspecified atom stereocenters. The molecule has 2 N–H and O–H groups in total. The summed E-state index contributed by atoms with van der Waals surface area (Å²) in [5.74, 6) is 1.49. The van der Waals surface area contributed by atoms with Gasteiger partial charge in [0.15, 0.2) is 11.5 Å². The summed E-state index contributed by atoms with van der Waals surface area (Å²) in [6, 6.07) is 14.3. The molecule has 23 heavy (non-hydrogen) atoms. The lowest BCUT2D eigenvalue weighted by Crippen LogP contribution is -2.35. The van der Waals surface area contributed by atoms with Crippen LogP contribution in [-0.4, -0.2) is 32.5 Å². The van der Waals surface area contributed by atoms with Crippen molar-refractivity contribution in [1.82, 2.24) is 5.32 Å². The van der Waals surface area contributed by atoms with E-state index in [-0.39, 0.29) is 18.6 Å². The molecule has 2 aromatic rings. The number of hydrogen-bond acceptors (Lipinski definition) is 4. The largest absolute Gasteiger partial charge is 0.493 e. The average molecular weight is 313 g/mol. The third-order valence-electron chi connectivity index (χ3n) is 4.57. The van der Waals surface area contributed by atoms with Crippen molar-refractivity contribution in [3.8, 4) is 11.5 Å². The van der Waals surface area contributed by atoms with E-state index in [9.17, 15) is 5.11 Å². The van der Waals surface area contributed by atoms with Crippen LogP contribution in [0.15, 0.2) is 42.5 Å². The Morgan fingerprint density at radius 1 is 1.13 bits per heavy atom. The van der Waals surface area contributed by atoms with Crippen molar-refractivity contribution >= 4 is 0 Å². The van der Waals surface area contributed by atoms with Crippen LogP contribution < -0.4 is 14.8 Å². The molecular formula is C19H23NO3. The first-order chi connectivity index (χ1) is 11.3. The number of fused-ring (bicyclic) bond motifs is 1. The van der Waals surface area contributed by atoms with Crippen molar-refractivity contribution in [3.63, 3.8) is 0 Å². The summed E-state index contributed by atoms with van der Waals surface area (Å²) in [5, 5.41) is 13.5. The smallest absolute Gasteiger partial charge is 0.161 e. The van der Waals surface area contributed by atoms with Gasteiger partial charge in [0.05, 0.1) is 20.8 Å². The van der Waals surface area contributed by atoms with E-state index >= 15 is 0 Å². The fourth-order valence-corrected chi connectivity index (χ4v) is 3.38. The van der Waals surface area contributed by atoms with Crippen LogP contribution in [0.4, 0.5) is 0 Å². The van der Waals surface area contributed by atoms with Crippen LogP contribution in [0, 0.1) is 0 Å². The molecule has 1 aliphatic rings. The molecule has 0 saturated carbocycles. The Balaban J connectivity index is 2.03. The van der Waals surface area contributed by atoms with E-state index in [1.165, 1.54) is 11.1 Å². The number of hydrogen-bond donors (Lipinski definition) is 2. The second-order valence-electron chi connectivity index (χ2n) is 5.79. The van der Waals surface area contributed by atoms with Gasteiger partial charge >= 0.3 is 0 Å². The Labute approximate surface area is 137 Å². The fraction of sp³-hybridized carbons (Fsp3) is 0.368. The van der Waals surface area contributed by atoms with E-state index in [4.69, 9.17) is 9.47 Å². The Morgan fingerprint density at radius 2 is 1.83 bits per heavy atom. The molecule has 1 aliphatic heterocycles. The fourth-order valence-electron chi connectivity index (χ4n) is 3.38. The number of aliphatic hydroxyl groups is 1. The zero-order valence-electron chi connectivity index (χ0n) is 13.6. The molecular weight excluding hydrogens is 290 g/mol. The maximum Gasteiger partial charge on any atom is 0.161 e. The third kappa shape index (κ3) is 3.05. The zero-order valence-corrected chi connectivity index (χ0v) is 13.6. The topological polar surface area (TPSA) is 50.7 Å². The van der Waals surface area contributed by atoms with Gasteiger partial charge in [0.1, 0.15) is 0 Å². The number of methoxy groups -OCH3 is 2. The quantitative estimate of drug-likeness (QED) is 0.891. The number of aliphatic hydroxyl groups excluding tert-OH is 1. The molecule has 2 atom stereocenters. The lowest BCUT2D eigenvalue weighted by molar-refractivity contribution is 0.232. The SMILES string of the molecule is COc1cc2c(cc1OC)[C@H]([C@@H](CO)c1ccccc1)NCC2. The van der Waals surface area contributed by atoms with Crippen LogP contribution in [0.2, 0.25) is 0 Å². The second-order valence-corrected chi connectivity index (χ2v) is 5.79. The van der Waals surface area contributed by atoms with Crippen LogP contribution in [0.25, 0.3) is 0 Å². The summed E-state index contributed by atoms with van der Waals surface area (Å²) in [4.78, 5) is 0. The highest BCUT2D eigenvalue weighted by atomic mass is 16.5. The Bertz CT molecular complexity index is 657. The van der Waals surface area contributed by atoms with Gasteiger partial charge in [0, 0.05) is 12.0 Å². The molecule has 0 spiro atoms. The summed E-state index contributed by atoms with van der Waals surface area (Å²) in [6.45, 7) is 0.978. The van der Waals surface area contributed by atoms with Gasteiger partial charge < -0.3 is 19.9 Å². The molecule has 2 aromatic carbocycles. The van der Waals surface area contributed by atoms with E-state index in [2.05, 4.69) is 23.5 Å². The van der Waals surface area contributed by atoms with Gasteiger partial charge in [-0.05, 0) is 41.8 Å². The minimum Gasteiger partial charge on any atom is -0.493 e. The van der Waals surface area contributed by atoms with Crippen LogP contribution >= 0.6 is 0 Å². The van der Waals surface area contributed by atoms with Crippen molar-refractivity contribution in [2.75, 3.05) is 27.4 Å². The van der Waals surface area contributed by atoms with Crippen LogP contribution in [0.3, 0.4) is 0 Å². The van der Waals surface area contributed by atoms with Gasteiger partial charge in [-0.1, -0.05) is 30.3 Å². The van der Waals surface area contributed by atoms with Crippen molar-refractivity contribution in [2.24, 2.45) is 0 Å². The average Bonchev–Trinajstić information content (AvgIpc) is 2.62. The van der Waals surface area contributed by atoms with Gasteiger partial charge in [-0.25, -0.2) is 0 Å². The monoisotopic (exact) mass is 313 g/mol. The first kappa shape index (κ1) is 15.8. The van der Waals surface area contributed by atoms with Crippen LogP contribution in [0.1, 0.15) is 28.7 Å². The highest BCUT2D eigenvalue weighted by molar-refractivity contribution is 5.50. The lowest BCUT2D eigenvalue weighted by Gasteiger charge is -2.33. The van der Waals surface area contributed by atoms with Crippen molar-refractivity contribution in [1.29, 1.82) is 0 Å². The van der Waals surface area contributed by atoms with Gasteiger partial charge in [0.2, 0.25) is 0 Å². The molecule has 122 valence electrons. The summed E-state index contributed by atoms with van der Waals surface area (Å²) >= 11 is 0. The van der Waals surface area contributed by atoms with E-state index in [0.717, 1.165) is 30.0 Å². The maximum atomic E-state index is 9.99.